The molecule has 16 heavy (non-hydrogen) atoms. The third kappa shape index (κ3) is 4.18. The number of ether oxygens (including phenoxy) is 1. The van der Waals surface area contributed by atoms with Crippen molar-refractivity contribution in [2.45, 2.75) is 6.36 Å². The van der Waals surface area contributed by atoms with Crippen LogP contribution in [0.2, 0.25) is 0 Å². The van der Waals surface area contributed by atoms with Gasteiger partial charge in [-0.25, -0.2) is 0 Å². The van der Waals surface area contributed by atoms with E-state index in [1.54, 1.807) is 0 Å². The molecule has 2 N–H and O–H groups in total. The summed E-state index contributed by atoms with van der Waals surface area (Å²) in [4.78, 5) is 10.2. The molecule has 0 spiro atoms. The SMILES string of the molecule is O=C([O-])C[NH2+]c1ccccc1OC(F)(F)F. The van der Waals surface area contributed by atoms with Gasteiger partial charge in [0.2, 0.25) is 0 Å². The number of carbonyl (C=O) groups is 1. The van der Waals surface area contributed by atoms with Crippen molar-refractivity contribution < 1.29 is 33.1 Å². The minimum atomic E-state index is -4.80. The number of carboxylic acids is 1. The van der Waals surface area contributed by atoms with Gasteiger partial charge in [0, 0.05) is 6.07 Å². The highest BCUT2D eigenvalue weighted by Crippen LogP contribution is 2.26. The fraction of sp³-hybridized carbons (Fsp3) is 0.222. The van der Waals surface area contributed by atoms with E-state index in [0.717, 1.165) is 11.4 Å². The smallest absolute Gasteiger partial charge is 0.544 e. The minimum Gasteiger partial charge on any atom is -0.544 e. The van der Waals surface area contributed by atoms with E-state index in [9.17, 15) is 23.1 Å². The molecule has 0 atom stereocenters. The highest BCUT2D eigenvalue weighted by molar-refractivity contribution is 5.65. The fourth-order valence-corrected chi connectivity index (χ4v) is 1.06. The number of aliphatic carboxylic acids is 1. The highest BCUT2D eigenvalue weighted by Gasteiger charge is 2.32. The van der Waals surface area contributed by atoms with Crippen LogP contribution in [0.4, 0.5) is 18.9 Å². The summed E-state index contributed by atoms with van der Waals surface area (Å²) in [6, 6.07) is 5.26. The van der Waals surface area contributed by atoms with Crippen LogP contribution in [0.1, 0.15) is 0 Å². The minimum absolute atomic E-state index is 0.0593. The van der Waals surface area contributed by atoms with Crippen molar-refractivity contribution in [1.29, 1.82) is 0 Å². The Balaban J connectivity index is 2.79. The number of halogens is 3. The first kappa shape index (κ1) is 12.3. The van der Waals surface area contributed by atoms with Gasteiger partial charge in [-0.3, -0.25) is 0 Å². The summed E-state index contributed by atoms with van der Waals surface area (Å²) in [5.74, 6) is -1.81. The second kappa shape index (κ2) is 4.84. The molecular weight excluding hydrogens is 227 g/mol. The maximum Gasteiger partial charge on any atom is 0.573 e. The quantitative estimate of drug-likeness (QED) is 0.717. The lowest BCUT2D eigenvalue weighted by Crippen LogP contribution is -2.81. The van der Waals surface area contributed by atoms with Gasteiger partial charge in [0.1, 0.15) is 6.54 Å². The third-order valence-corrected chi connectivity index (χ3v) is 1.63. The summed E-state index contributed by atoms with van der Waals surface area (Å²) in [5, 5.41) is 11.3. The lowest BCUT2D eigenvalue weighted by atomic mass is 10.3. The Morgan fingerprint density at radius 2 is 2.00 bits per heavy atom. The molecule has 0 fully saturated rings. The second-order valence-electron chi connectivity index (χ2n) is 2.87. The van der Waals surface area contributed by atoms with Crippen LogP contribution in [0.5, 0.6) is 5.75 Å². The van der Waals surface area contributed by atoms with Gasteiger partial charge in [-0.15, -0.1) is 13.2 Å². The third-order valence-electron chi connectivity index (χ3n) is 1.63. The van der Waals surface area contributed by atoms with Crippen LogP contribution < -0.4 is 15.2 Å². The molecule has 0 radical (unpaired) electrons. The van der Waals surface area contributed by atoms with Crippen LogP contribution >= 0.6 is 0 Å². The average molecular weight is 235 g/mol. The number of carboxylic acid groups (broad SMARTS) is 1. The lowest BCUT2D eigenvalue weighted by molar-refractivity contribution is -0.570. The Morgan fingerprint density at radius 3 is 2.56 bits per heavy atom. The molecule has 0 aliphatic heterocycles. The number of para-hydroxylation sites is 2. The summed E-state index contributed by atoms with van der Waals surface area (Å²) in [6.07, 6.45) is -4.80. The van der Waals surface area contributed by atoms with Crippen molar-refractivity contribution in [2.24, 2.45) is 0 Å². The van der Waals surface area contributed by atoms with E-state index >= 15 is 0 Å². The summed E-state index contributed by atoms with van der Waals surface area (Å²) in [6.45, 7) is -0.474. The number of quaternary nitrogens is 1. The first-order chi connectivity index (χ1) is 7.38. The monoisotopic (exact) mass is 235 g/mol. The van der Waals surface area contributed by atoms with E-state index in [0.29, 0.717) is 0 Å². The molecule has 0 saturated heterocycles. The molecule has 0 bridgehead atoms. The van der Waals surface area contributed by atoms with E-state index in [2.05, 4.69) is 4.74 Å². The summed E-state index contributed by atoms with van der Waals surface area (Å²) in [5.41, 5.74) is 0.0593. The molecule has 1 rings (SSSR count). The molecule has 1 aromatic rings. The Bertz CT molecular complexity index is 379. The Kier molecular flexibility index (Phi) is 3.73. The number of benzene rings is 1. The van der Waals surface area contributed by atoms with Crippen molar-refractivity contribution in [3.05, 3.63) is 24.3 Å². The molecular formula is C9H8F3NO3. The average Bonchev–Trinajstić information content (AvgIpc) is 2.14. The number of rotatable bonds is 4. The standard InChI is InChI=1S/C9H8F3NO3/c10-9(11,12)16-7-4-2-1-3-6(7)13-5-8(14)15/h1-4,13H,5H2,(H,14,15). The lowest BCUT2D eigenvalue weighted by Gasteiger charge is -2.11. The molecule has 0 amide bonds. The topological polar surface area (TPSA) is 66.0 Å². The van der Waals surface area contributed by atoms with Crippen molar-refractivity contribution in [2.75, 3.05) is 6.54 Å². The van der Waals surface area contributed by atoms with Gasteiger partial charge in [0.05, 0.1) is 5.97 Å². The van der Waals surface area contributed by atoms with Crippen LogP contribution in [-0.2, 0) is 4.79 Å². The molecule has 0 unspecified atom stereocenters. The van der Waals surface area contributed by atoms with E-state index in [-0.39, 0.29) is 5.69 Å². The largest absolute Gasteiger partial charge is 0.573 e. The summed E-state index contributed by atoms with van der Waals surface area (Å²) < 4.78 is 39.6. The molecule has 0 aliphatic rings. The van der Waals surface area contributed by atoms with E-state index in [1.165, 1.54) is 18.2 Å². The van der Waals surface area contributed by atoms with E-state index in [4.69, 9.17) is 0 Å². The number of hydrogen-bond acceptors (Lipinski definition) is 3. The zero-order valence-electron chi connectivity index (χ0n) is 7.95. The zero-order valence-corrected chi connectivity index (χ0v) is 7.95. The van der Waals surface area contributed by atoms with Gasteiger partial charge in [0.25, 0.3) is 0 Å². The predicted molar refractivity (Wildman–Crippen MR) is 44.6 cm³/mol. The Morgan fingerprint density at radius 1 is 1.38 bits per heavy atom. The van der Waals surface area contributed by atoms with Crippen molar-refractivity contribution in [3.8, 4) is 5.75 Å². The highest BCUT2D eigenvalue weighted by atomic mass is 19.4. The normalized spacial score (nSPS) is 11.2. The van der Waals surface area contributed by atoms with Crippen LogP contribution in [0.25, 0.3) is 0 Å². The van der Waals surface area contributed by atoms with Gasteiger partial charge < -0.3 is 20.0 Å². The Labute approximate surface area is 88.6 Å². The molecule has 0 heterocycles. The molecule has 88 valence electrons. The predicted octanol–water partition coefficient (Wildman–Crippen LogP) is -0.470. The molecule has 0 saturated carbocycles. The zero-order chi connectivity index (χ0) is 12.2. The number of hydrogen-bond donors (Lipinski definition) is 1. The first-order valence-corrected chi connectivity index (χ1v) is 4.26. The number of carbonyl (C=O) groups excluding carboxylic acids is 1. The first-order valence-electron chi connectivity index (χ1n) is 4.26. The second-order valence-corrected chi connectivity index (χ2v) is 2.87. The van der Waals surface area contributed by atoms with E-state index in [1.807, 2.05) is 0 Å². The van der Waals surface area contributed by atoms with Gasteiger partial charge >= 0.3 is 6.36 Å². The molecule has 0 aromatic heterocycles. The van der Waals surface area contributed by atoms with E-state index < -0.39 is 24.6 Å². The van der Waals surface area contributed by atoms with Crippen LogP contribution in [0, 0.1) is 0 Å². The van der Waals surface area contributed by atoms with Crippen molar-refractivity contribution >= 4 is 11.7 Å². The van der Waals surface area contributed by atoms with Crippen molar-refractivity contribution in [1.82, 2.24) is 0 Å². The maximum absolute atomic E-state index is 12.0. The van der Waals surface area contributed by atoms with Crippen LogP contribution in [0.3, 0.4) is 0 Å². The Hall–Kier alpha value is -1.76. The maximum atomic E-state index is 12.0. The molecule has 4 nitrogen and oxygen atoms in total. The van der Waals surface area contributed by atoms with Crippen molar-refractivity contribution in [3.63, 3.8) is 0 Å². The fourth-order valence-electron chi connectivity index (χ4n) is 1.06. The molecule has 0 aliphatic carbocycles. The number of nitrogens with two attached hydrogens (primary N) is 1. The summed E-state index contributed by atoms with van der Waals surface area (Å²) in [7, 11) is 0. The van der Waals surface area contributed by atoms with Gasteiger partial charge in [-0.1, -0.05) is 12.1 Å². The van der Waals surface area contributed by atoms with Gasteiger partial charge in [-0.2, -0.15) is 0 Å². The van der Waals surface area contributed by atoms with Gasteiger partial charge in [0.15, 0.2) is 11.4 Å². The van der Waals surface area contributed by atoms with Gasteiger partial charge in [-0.05, 0) is 6.07 Å². The number of alkyl halides is 3. The van der Waals surface area contributed by atoms with Crippen LogP contribution in [0.15, 0.2) is 24.3 Å². The summed E-state index contributed by atoms with van der Waals surface area (Å²) >= 11 is 0. The van der Waals surface area contributed by atoms with Crippen LogP contribution in [-0.4, -0.2) is 18.9 Å². The molecule has 7 heteroatoms. The molecule has 1 aromatic carbocycles.